The maximum Gasteiger partial charge on any atom is 0.338 e. The Bertz CT molecular complexity index is 1110. The largest absolute Gasteiger partial charge is 0.493 e. The average molecular weight is 462 g/mol. The standard InChI is InChI=1S/C27H27NO6/c1-31-16-17-33-27(30)22-10-12-23(13-11-22)28-26(29)15-9-20-8-14-24(25(18-20)32-2)34-19-21-6-4-3-5-7-21/h3-15,18H,16-17,19H2,1-2H3,(H,28,29)/b15-9+. The normalized spacial score (nSPS) is 10.6. The van der Waals surface area contributed by atoms with Crippen molar-refractivity contribution in [2.24, 2.45) is 0 Å². The minimum Gasteiger partial charge on any atom is -0.493 e. The fraction of sp³-hybridized carbons (Fsp3) is 0.185. The molecule has 0 saturated heterocycles. The summed E-state index contributed by atoms with van der Waals surface area (Å²) < 4.78 is 21.2. The molecule has 0 bridgehead atoms. The van der Waals surface area contributed by atoms with Gasteiger partial charge in [-0.15, -0.1) is 0 Å². The molecule has 0 aliphatic rings. The number of rotatable bonds is 11. The van der Waals surface area contributed by atoms with Crippen LogP contribution < -0.4 is 14.8 Å². The smallest absolute Gasteiger partial charge is 0.338 e. The van der Waals surface area contributed by atoms with E-state index < -0.39 is 5.97 Å². The molecular formula is C27H27NO6. The highest BCUT2D eigenvalue weighted by Crippen LogP contribution is 2.29. The molecule has 1 N–H and O–H groups in total. The lowest BCUT2D eigenvalue weighted by molar-refractivity contribution is -0.111. The number of methoxy groups -OCH3 is 2. The monoisotopic (exact) mass is 461 g/mol. The van der Waals surface area contributed by atoms with E-state index in [9.17, 15) is 9.59 Å². The Morgan fingerprint density at radius 1 is 0.882 bits per heavy atom. The molecule has 0 atom stereocenters. The number of nitrogens with one attached hydrogen (secondary N) is 1. The van der Waals surface area contributed by atoms with Gasteiger partial charge in [0.05, 0.1) is 19.3 Å². The first-order valence-electron chi connectivity index (χ1n) is 10.7. The summed E-state index contributed by atoms with van der Waals surface area (Å²) >= 11 is 0. The lowest BCUT2D eigenvalue weighted by Gasteiger charge is -2.11. The first-order chi connectivity index (χ1) is 16.6. The van der Waals surface area contributed by atoms with E-state index >= 15 is 0 Å². The zero-order valence-corrected chi connectivity index (χ0v) is 19.2. The van der Waals surface area contributed by atoms with Gasteiger partial charge in [-0.25, -0.2) is 4.79 Å². The second kappa shape index (κ2) is 12.8. The number of carbonyl (C=O) groups is 2. The predicted octanol–water partition coefficient (Wildman–Crippen LogP) is 4.73. The number of benzene rings is 3. The van der Waals surface area contributed by atoms with Crippen LogP contribution in [0.2, 0.25) is 0 Å². The third-order valence-corrected chi connectivity index (χ3v) is 4.76. The van der Waals surface area contributed by atoms with E-state index in [1.165, 1.54) is 13.2 Å². The van der Waals surface area contributed by atoms with Gasteiger partial charge in [-0.3, -0.25) is 4.79 Å². The summed E-state index contributed by atoms with van der Waals surface area (Å²) in [4.78, 5) is 24.2. The van der Waals surface area contributed by atoms with Crippen LogP contribution >= 0.6 is 0 Å². The first kappa shape index (κ1) is 24.5. The second-order valence-corrected chi connectivity index (χ2v) is 7.21. The Balaban J connectivity index is 1.55. The molecule has 0 radical (unpaired) electrons. The van der Waals surface area contributed by atoms with Crippen molar-refractivity contribution in [2.45, 2.75) is 6.61 Å². The van der Waals surface area contributed by atoms with Crippen LogP contribution in [-0.2, 0) is 20.9 Å². The van der Waals surface area contributed by atoms with Gasteiger partial charge < -0.3 is 24.3 Å². The quantitative estimate of drug-likeness (QED) is 0.253. The third-order valence-electron chi connectivity index (χ3n) is 4.76. The van der Waals surface area contributed by atoms with E-state index in [1.807, 2.05) is 42.5 Å². The molecule has 176 valence electrons. The topological polar surface area (TPSA) is 83.1 Å². The summed E-state index contributed by atoms with van der Waals surface area (Å²) in [6, 6.07) is 21.8. The van der Waals surface area contributed by atoms with Crippen molar-refractivity contribution < 1.29 is 28.5 Å². The van der Waals surface area contributed by atoms with Crippen LogP contribution in [-0.4, -0.2) is 39.3 Å². The van der Waals surface area contributed by atoms with Crippen LogP contribution in [0, 0.1) is 0 Å². The molecule has 0 fully saturated rings. The molecule has 0 aromatic heterocycles. The number of hydrogen-bond donors (Lipinski definition) is 1. The highest BCUT2D eigenvalue weighted by molar-refractivity contribution is 6.02. The molecule has 0 aliphatic carbocycles. The van der Waals surface area contributed by atoms with E-state index in [2.05, 4.69) is 5.32 Å². The lowest BCUT2D eigenvalue weighted by Crippen LogP contribution is -2.11. The van der Waals surface area contributed by atoms with E-state index in [1.54, 1.807) is 43.5 Å². The van der Waals surface area contributed by atoms with Crippen molar-refractivity contribution in [3.8, 4) is 11.5 Å². The van der Waals surface area contributed by atoms with Crippen molar-refractivity contribution in [2.75, 3.05) is 32.8 Å². The molecule has 0 aliphatic heterocycles. The minimum absolute atomic E-state index is 0.184. The summed E-state index contributed by atoms with van der Waals surface area (Å²) in [5.41, 5.74) is 2.80. The van der Waals surface area contributed by atoms with Crippen LogP contribution in [0.4, 0.5) is 5.69 Å². The maximum absolute atomic E-state index is 12.3. The Morgan fingerprint density at radius 2 is 1.65 bits per heavy atom. The second-order valence-electron chi connectivity index (χ2n) is 7.21. The van der Waals surface area contributed by atoms with Crippen molar-refractivity contribution in [3.05, 3.63) is 95.6 Å². The van der Waals surface area contributed by atoms with E-state index in [0.29, 0.717) is 36.0 Å². The molecular weight excluding hydrogens is 434 g/mol. The molecule has 0 saturated carbocycles. The Morgan fingerprint density at radius 3 is 2.35 bits per heavy atom. The fourth-order valence-corrected chi connectivity index (χ4v) is 2.99. The van der Waals surface area contributed by atoms with Gasteiger partial charge in [-0.2, -0.15) is 0 Å². The molecule has 0 heterocycles. The molecule has 0 unspecified atom stereocenters. The van der Waals surface area contributed by atoms with Gasteiger partial charge in [0.2, 0.25) is 5.91 Å². The molecule has 3 aromatic carbocycles. The zero-order chi connectivity index (χ0) is 24.2. The first-order valence-corrected chi connectivity index (χ1v) is 10.7. The van der Waals surface area contributed by atoms with Crippen LogP contribution in [0.3, 0.4) is 0 Å². The van der Waals surface area contributed by atoms with Gasteiger partial charge in [-0.05, 0) is 53.6 Å². The van der Waals surface area contributed by atoms with Gasteiger partial charge in [-0.1, -0.05) is 36.4 Å². The summed E-state index contributed by atoms with van der Waals surface area (Å²) in [5.74, 6) is 0.444. The van der Waals surface area contributed by atoms with Gasteiger partial charge >= 0.3 is 5.97 Å². The molecule has 3 rings (SSSR count). The highest BCUT2D eigenvalue weighted by Gasteiger charge is 2.08. The van der Waals surface area contributed by atoms with Crippen LogP contribution in [0.25, 0.3) is 6.08 Å². The summed E-state index contributed by atoms with van der Waals surface area (Å²) in [6.45, 7) is 0.948. The van der Waals surface area contributed by atoms with Crippen molar-refractivity contribution in [3.63, 3.8) is 0 Å². The van der Waals surface area contributed by atoms with Crippen molar-refractivity contribution in [1.82, 2.24) is 0 Å². The van der Waals surface area contributed by atoms with Crippen molar-refractivity contribution in [1.29, 1.82) is 0 Å². The number of ether oxygens (including phenoxy) is 4. The van der Waals surface area contributed by atoms with Gasteiger partial charge in [0.1, 0.15) is 13.2 Å². The Kier molecular flexibility index (Phi) is 9.25. The SMILES string of the molecule is COCCOC(=O)c1ccc(NC(=O)/C=C/c2ccc(OCc3ccccc3)c(OC)c2)cc1. The van der Waals surface area contributed by atoms with Gasteiger partial charge in [0, 0.05) is 18.9 Å². The predicted molar refractivity (Wildman–Crippen MR) is 130 cm³/mol. The fourth-order valence-electron chi connectivity index (χ4n) is 2.99. The summed E-state index contributed by atoms with van der Waals surface area (Å²) in [6.07, 6.45) is 3.10. The Hall–Kier alpha value is -4.10. The molecule has 7 nitrogen and oxygen atoms in total. The maximum atomic E-state index is 12.3. The highest BCUT2D eigenvalue weighted by atomic mass is 16.6. The minimum atomic E-state index is -0.444. The number of esters is 1. The van der Waals surface area contributed by atoms with Gasteiger partial charge in [0.15, 0.2) is 11.5 Å². The van der Waals surface area contributed by atoms with Crippen LogP contribution in [0.1, 0.15) is 21.5 Å². The van der Waals surface area contributed by atoms with E-state index in [-0.39, 0.29) is 12.5 Å². The van der Waals surface area contributed by atoms with Gasteiger partial charge in [0.25, 0.3) is 0 Å². The molecule has 0 spiro atoms. The number of hydrogen-bond acceptors (Lipinski definition) is 6. The van der Waals surface area contributed by atoms with E-state index in [4.69, 9.17) is 18.9 Å². The summed E-state index contributed by atoms with van der Waals surface area (Å²) in [5, 5.41) is 2.76. The van der Waals surface area contributed by atoms with Crippen molar-refractivity contribution >= 4 is 23.6 Å². The molecule has 7 heteroatoms. The molecule has 34 heavy (non-hydrogen) atoms. The zero-order valence-electron chi connectivity index (χ0n) is 19.2. The van der Waals surface area contributed by atoms with E-state index in [0.717, 1.165) is 11.1 Å². The third kappa shape index (κ3) is 7.50. The molecule has 3 aromatic rings. The number of carbonyl (C=O) groups excluding carboxylic acids is 2. The lowest BCUT2D eigenvalue weighted by atomic mass is 10.1. The average Bonchev–Trinajstić information content (AvgIpc) is 2.87. The van der Waals surface area contributed by atoms with Crippen LogP contribution in [0.15, 0.2) is 78.9 Å². The molecule has 1 amide bonds. The van der Waals surface area contributed by atoms with Crippen LogP contribution in [0.5, 0.6) is 11.5 Å². The summed E-state index contributed by atoms with van der Waals surface area (Å²) in [7, 11) is 3.11. The Labute approximate surface area is 198 Å². The number of amides is 1. The number of anilines is 1.